The first kappa shape index (κ1) is 17.2. The van der Waals surface area contributed by atoms with Gasteiger partial charge in [-0.05, 0) is 52.2 Å². The maximum absolute atomic E-state index is 13.1. The van der Waals surface area contributed by atoms with E-state index in [0.29, 0.717) is 23.1 Å². The van der Waals surface area contributed by atoms with Crippen LogP contribution in [0.15, 0.2) is 35.1 Å². The van der Waals surface area contributed by atoms with Crippen molar-refractivity contribution in [2.45, 2.75) is 18.4 Å². The van der Waals surface area contributed by atoms with Gasteiger partial charge in [-0.25, -0.2) is 0 Å². The average Bonchev–Trinajstić information content (AvgIpc) is 2.66. The number of likely N-dealkylation sites (tertiary alicyclic amines) is 1. The van der Waals surface area contributed by atoms with Gasteiger partial charge in [0, 0.05) is 42.1 Å². The van der Waals surface area contributed by atoms with Crippen molar-refractivity contribution < 1.29 is 4.79 Å². The molecule has 1 aromatic heterocycles. The molecule has 4 rings (SSSR count). The Bertz CT molecular complexity index is 883. The van der Waals surface area contributed by atoms with Crippen LogP contribution in [-0.4, -0.2) is 77.9 Å². The highest BCUT2D eigenvalue weighted by Gasteiger charge is 2.42. The Morgan fingerprint density at radius 2 is 1.81 bits per heavy atom. The lowest BCUT2D eigenvalue weighted by Crippen LogP contribution is -2.65. The molecular formula is C20H26N4O2. The minimum atomic E-state index is -0.106. The summed E-state index contributed by atoms with van der Waals surface area (Å²) < 4.78 is 0. The van der Waals surface area contributed by atoms with Crippen molar-refractivity contribution in [2.75, 3.05) is 46.8 Å². The molecule has 2 aliphatic rings. The fourth-order valence-electron chi connectivity index (χ4n) is 4.29. The summed E-state index contributed by atoms with van der Waals surface area (Å²) in [5.74, 6) is -0.0701. The predicted molar refractivity (Wildman–Crippen MR) is 103 cm³/mol. The summed E-state index contributed by atoms with van der Waals surface area (Å²) >= 11 is 0. The molecule has 138 valence electrons. The van der Waals surface area contributed by atoms with Crippen molar-refractivity contribution in [3.8, 4) is 0 Å². The van der Waals surface area contributed by atoms with Gasteiger partial charge in [-0.15, -0.1) is 0 Å². The van der Waals surface area contributed by atoms with Gasteiger partial charge in [0.25, 0.3) is 5.91 Å². The Morgan fingerprint density at radius 3 is 2.58 bits per heavy atom. The smallest absolute Gasteiger partial charge is 0.270 e. The van der Waals surface area contributed by atoms with Crippen molar-refractivity contribution in [1.29, 1.82) is 0 Å². The van der Waals surface area contributed by atoms with Gasteiger partial charge in [0.05, 0.1) is 0 Å². The quantitative estimate of drug-likeness (QED) is 0.841. The molecule has 1 amide bonds. The fourth-order valence-corrected chi connectivity index (χ4v) is 4.29. The van der Waals surface area contributed by atoms with Gasteiger partial charge in [-0.3, -0.25) is 14.5 Å². The van der Waals surface area contributed by atoms with Gasteiger partial charge in [0.2, 0.25) is 0 Å². The van der Waals surface area contributed by atoms with E-state index in [1.165, 1.54) is 6.07 Å². The third-order valence-electron chi connectivity index (χ3n) is 6.17. The van der Waals surface area contributed by atoms with E-state index in [4.69, 9.17) is 0 Å². The Hall–Kier alpha value is -2.18. The van der Waals surface area contributed by atoms with Crippen LogP contribution in [-0.2, 0) is 0 Å². The molecule has 3 heterocycles. The van der Waals surface area contributed by atoms with Crippen molar-refractivity contribution in [2.24, 2.45) is 0 Å². The third kappa shape index (κ3) is 2.93. The maximum Gasteiger partial charge on any atom is 0.270 e. The number of carbonyl (C=O) groups is 1. The molecule has 2 aliphatic heterocycles. The number of amides is 1. The second-order valence-corrected chi connectivity index (χ2v) is 7.77. The Labute approximate surface area is 153 Å². The molecule has 0 aliphatic carbocycles. The number of rotatable bonds is 1. The zero-order valence-corrected chi connectivity index (χ0v) is 15.5. The van der Waals surface area contributed by atoms with Gasteiger partial charge >= 0.3 is 0 Å². The maximum atomic E-state index is 13.1. The van der Waals surface area contributed by atoms with Crippen molar-refractivity contribution in [3.05, 3.63) is 46.2 Å². The van der Waals surface area contributed by atoms with E-state index < -0.39 is 0 Å². The Kier molecular flexibility index (Phi) is 4.32. The summed E-state index contributed by atoms with van der Waals surface area (Å²) in [4.78, 5) is 35.3. The topological polar surface area (TPSA) is 59.7 Å². The minimum Gasteiger partial charge on any atom is -0.350 e. The molecule has 1 N–H and O–H groups in total. The Morgan fingerprint density at radius 1 is 1.08 bits per heavy atom. The van der Waals surface area contributed by atoms with Crippen LogP contribution in [0, 0.1) is 0 Å². The monoisotopic (exact) mass is 354 g/mol. The SMILES string of the molecule is CN1CCC2(CC1)CN(C(=O)c1cc(=O)c3ccccc3[nH]1)CCN2C. The second-order valence-electron chi connectivity index (χ2n) is 7.77. The van der Waals surface area contributed by atoms with E-state index in [1.54, 1.807) is 6.07 Å². The molecular weight excluding hydrogens is 328 g/mol. The first-order valence-electron chi connectivity index (χ1n) is 9.30. The number of H-pyrrole nitrogens is 1. The predicted octanol–water partition coefficient (Wildman–Crippen LogP) is 1.38. The molecule has 1 spiro atoms. The number of para-hydroxylation sites is 1. The van der Waals surface area contributed by atoms with E-state index in [-0.39, 0.29) is 16.9 Å². The standard InChI is InChI=1S/C20H26N4O2/c1-22-9-7-20(8-10-22)14-24(12-11-23(20)2)19(26)17-13-18(25)15-5-3-4-6-16(15)21-17/h3-6,13H,7-12,14H2,1-2H3,(H,21,25). The van der Waals surface area contributed by atoms with E-state index in [0.717, 1.165) is 39.0 Å². The molecule has 0 radical (unpaired) electrons. The third-order valence-corrected chi connectivity index (χ3v) is 6.17. The number of aromatic amines is 1. The lowest BCUT2D eigenvalue weighted by atomic mass is 9.84. The highest BCUT2D eigenvalue weighted by Crippen LogP contribution is 2.31. The van der Waals surface area contributed by atoms with Crippen molar-refractivity contribution in [3.63, 3.8) is 0 Å². The van der Waals surface area contributed by atoms with Crippen LogP contribution in [0.4, 0.5) is 0 Å². The van der Waals surface area contributed by atoms with E-state index in [2.05, 4.69) is 28.9 Å². The first-order valence-corrected chi connectivity index (χ1v) is 9.30. The molecule has 2 saturated heterocycles. The van der Waals surface area contributed by atoms with Crippen molar-refractivity contribution >= 4 is 16.8 Å². The first-order chi connectivity index (χ1) is 12.5. The zero-order valence-electron chi connectivity index (χ0n) is 15.5. The number of piperidine rings is 1. The number of piperazine rings is 1. The molecule has 2 fully saturated rings. The minimum absolute atomic E-state index is 0.0531. The summed E-state index contributed by atoms with van der Waals surface area (Å²) in [5.41, 5.74) is 1.05. The number of aromatic nitrogens is 1. The highest BCUT2D eigenvalue weighted by atomic mass is 16.2. The fraction of sp³-hybridized carbons (Fsp3) is 0.500. The van der Waals surface area contributed by atoms with Crippen LogP contribution in [0.2, 0.25) is 0 Å². The summed E-state index contributed by atoms with van der Waals surface area (Å²) in [6, 6.07) is 8.78. The van der Waals surface area contributed by atoms with Gasteiger partial charge in [-0.2, -0.15) is 0 Å². The lowest BCUT2D eigenvalue weighted by Gasteiger charge is -2.52. The van der Waals surface area contributed by atoms with E-state index in [9.17, 15) is 9.59 Å². The van der Waals surface area contributed by atoms with Crippen LogP contribution >= 0.6 is 0 Å². The molecule has 26 heavy (non-hydrogen) atoms. The van der Waals surface area contributed by atoms with Gasteiger partial charge in [0.1, 0.15) is 5.69 Å². The van der Waals surface area contributed by atoms with Crippen LogP contribution in [0.5, 0.6) is 0 Å². The van der Waals surface area contributed by atoms with Gasteiger partial charge in [-0.1, -0.05) is 12.1 Å². The van der Waals surface area contributed by atoms with Crippen LogP contribution in [0.3, 0.4) is 0 Å². The number of nitrogens with zero attached hydrogens (tertiary/aromatic N) is 3. The summed E-state index contributed by atoms with van der Waals surface area (Å²) in [6.45, 7) is 4.40. The lowest BCUT2D eigenvalue weighted by molar-refractivity contribution is -0.0172. The number of hydrogen-bond acceptors (Lipinski definition) is 4. The molecule has 0 atom stereocenters. The number of likely N-dealkylation sites (N-methyl/N-ethyl adjacent to an activating group) is 1. The Balaban J connectivity index is 1.61. The van der Waals surface area contributed by atoms with Crippen LogP contribution in [0.1, 0.15) is 23.3 Å². The van der Waals surface area contributed by atoms with Crippen molar-refractivity contribution in [1.82, 2.24) is 19.7 Å². The number of carbonyl (C=O) groups excluding carboxylic acids is 1. The van der Waals surface area contributed by atoms with Gasteiger partial charge < -0.3 is 14.8 Å². The number of benzene rings is 1. The molecule has 0 saturated carbocycles. The van der Waals surface area contributed by atoms with Crippen LogP contribution < -0.4 is 5.43 Å². The molecule has 2 aromatic rings. The second kappa shape index (κ2) is 6.52. The van der Waals surface area contributed by atoms with Crippen LogP contribution in [0.25, 0.3) is 10.9 Å². The highest BCUT2D eigenvalue weighted by molar-refractivity contribution is 5.95. The average molecular weight is 354 g/mol. The molecule has 0 bridgehead atoms. The number of pyridine rings is 1. The molecule has 6 nitrogen and oxygen atoms in total. The largest absolute Gasteiger partial charge is 0.350 e. The summed E-state index contributed by atoms with van der Waals surface area (Å²) in [5, 5.41) is 0.620. The van der Waals surface area contributed by atoms with E-state index in [1.807, 2.05) is 23.1 Å². The molecule has 6 heteroatoms. The van der Waals surface area contributed by atoms with Gasteiger partial charge in [0.15, 0.2) is 5.43 Å². The summed E-state index contributed by atoms with van der Waals surface area (Å²) in [7, 11) is 4.32. The molecule has 1 aromatic carbocycles. The normalized spacial score (nSPS) is 21.4. The number of nitrogens with one attached hydrogen (secondary N) is 1. The number of hydrogen-bond donors (Lipinski definition) is 1. The summed E-state index contributed by atoms with van der Waals surface area (Å²) in [6.07, 6.45) is 2.13. The molecule has 0 unspecified atom stereocenters. The zero-order chi connectivity index (χ0) is 18.3. The number of fused-ring (bicyclic) bond motifs is 1. The van der Waals surface area contributed by atoms with E-state index >= 15 is 0 Å².